The molecule has 90 valence electrons. The second-order valence-electron chi connectivity index (χ2n) is 5.37. The highest BCUT2D eigenvalue weighted by molar-refractivity contribution is 7.71. The number of nitrogens with one attached hydrogen (secondary N) is 1. The van der Waals surface area contributed by atoms with E-state index < -0.39 is 0 Å². The van der Waals surface area contributed by atoms with Gasteiger partial charge >= 0.3 is 0 Å². The maximum atomic E-state index is 5.43. The smallest absolute Gasteiger partial charge is 0.177 e. The third-order valence-electron chi connectivity index (χ3n) is 3.83. The molecular formula is C13H22N2S. The Bertz CT molecular complexity index is 402. The van der Waals surface area contributed by atoms with Crippen molar-refractivity contribution in [1.29, 1.82) is 0 Å². The summed E-state index contributed by atoms with van der Waals surface area (Å²) in [6.07, 6.45) is 7.45. The minimum Gasteiger partial charge on any atom is -0.337 e. The molecule has 16 heavy (non-hydrogen) atoms. The Balaban J connectivity index is 2.37. The molecule has 0 aliphatic heterocycles. The predicted molar refractivity (Wildman–Crippen MR) is 70.4 cm³/mol. The number of hydrogen-bond donors (Lipinski definition) is 1. The Labute approximate surface area is 103 Å². The molecular weight excluding hydrogens is 216 g/mol. The summed E-state index contributed by atoms with van der Waals surface area (Å²) < 4.78 is 3.28. The van der Waals surface area contributed by atoms with E-state index >= 15 is 0 Å². The molecule has 2 atom stereocenters. The first kappa shape index (κ1) is 11.9. The van der Waals surface area contributed by atoms with Crippen molar-refractivity contribution >= 4 is 12.2 Å². The number of rotatable bonds is 2. The van der Waals surface area contributed by atoms with Crippen LogP contribution >= 0.6 is 12.2 Å². The molecule has 0 spiro atoms. The maximum Gasteiger partial charge on any atom is 0.177 e. The third kappa shape index (κ3) is 2.10. The van der Waals surface area contributed by atoms with Crippen molar-refractivity contribution in [1.82, 2.24) is 9.55 Å². The molecule has 1 heterocycles. The van der Waals surface area contributed by atoms with Crippen molar-refractivity contribution in [3.05, 3.63) is 16.7 Å². The summed E-state index contributed by atoms with van der Waals surface area (Å²) in [5.74, 6) is 1.30. The van der Waals surface area contributed by atoms with E-state index in [1.54, 1.807) is 0 Å². The molecule has 1 fully saturated rings. The van der Waals surface area contributed by atoms with Gasteiger partial charge in [0.2, 0.25) is 0 Å². The van der Waals surface area contributed by atoms with Crippen molar-refractivity contribution in [2.75, 3.05) is 0 Å². The number of aromatic nitrogens is 2. The molecule has 2 nitrogen and oxygen atoms in total. The Morgan fingerprint density at radius 2 is 2.06 bits per heavy atom. The van der Waals surface area contributed by atoms with Gasteiger partial charge in [-0.2, -0.15) is 0 Å². The van der Waals surface area contributed by atoms with Gasteiger partial charge in [-0.15, -0.1) is 0 Å². The fraction of sp³-hybridized carbons (Fsp3) is 0.769. The molecule has 0 saturated heterocycles. The third-order valence-corrected chi connectivity index (χ3v) is 4.14. The average molecular weight is 238 g/mol. The van der Waals surface area contributed by atoms with E-state index in [9.17, 15) is 0 Å². The van der Waals surface area contributed by atoms with Gasteiger partial charge in [0, 0.05) is 17.9 Å². The van der Waals surface area contributed by atoms with E-state index in [-0.39, 0.29) is 0 Å². The van der Waals surface area contributed by atoms with Crippen LogP contribution in [0.5, 0.6) is 0 Å². The zero-order chi connectivity index (χ0) is 11.7. The molecule has 1 aromatic heterocycles. The van der Waals surface area contributed by atoms with Crippen molar-refractivity contribution < 1.29 is 0 Å². The topological polar surface area (TPSA) is 20.7 Å². The van der Waals surface area contributed by atoms with Crippen LogP contribution < -0.4 is 0 Å². The Kier molecular flexibility index (Phi) is 3.53. The second kappa shape index (κ2) is 4.74. The van der Waals surface area contributed by atoms with Crippen molar-refractivity contribution in [2.24, 2.45) is 5.92 Å². The Morgan fingerprint density at radius 1 is 1.38 bits per heavy atom. The fourth-order valence-electron chi connectivity index (χ4n) is 2.86. The summed E-state index contributed by atoms with van der Waals surface area (Å²) in [7, 11) is 0. The van der Waals surface area contributed by atoms with Crippen LogP contribution in [0, 0.1) is 10.7 Å². The van der Waals surface area contributed by atoms with Crippen molar-refractivity contribution in [3.63, 3.8) is 0 Å². The van der Waals surface area contributed by atoms with Crippen LogP contribution in [0.4, 0.5) is 0 Å². The molecule has 3 heteroatoms. The first-order valence-corrected chi connectivity index (χ1v) is 6.82. The van der Waals surface area contributed by atoms with E-state index in [1.807, 2.05) is 0 Å². The highest BCUT2D eigenvalue weighted by atomic mass is 32.1. The van der Waals surface area contributed by atoms with Gasteiger partial charge < -0.3 is 9.55 Å². The van der Waals surface area contributed by atoms with Crippen molar-refractivity contribution in [2.45, 2.75) is 58.4 Å². The van der Waals surface area contributed by atoms with Gasteiger partial charge in [0.05, 0.1) is 0 Å². The molecule has 2 rings (SSSR count). The summed E-state index contributed by atoms with van der Waals surface area (Å²) in [5, 5.41) is 0. The molecule has 1 aliphatic rings. The number of nitrogens with zero attached hydrogens (tertiary/aromatic N) is 1. The van der Waals surface area contributed by atoms with Gasteiger partial charge in [-0.1, -0.05) is 33.6 Å². The average Bonchev–Trinajstić information content (AvgIpc) is 2.61. The van der Waals surface area contributed by atoms with Gasteiger partial charge in [0.1, 0.15) is 0 Å². The molecule has 0 amide bonds. The Hall–Kier alpha value is -0.570. The highest BCUT2D eigenvalue weighted by Crippen LogP contribution is 2.35. The van der Waals surface area contributed by atoms with E-state index in [1.165, 1.54) is 31.4 Å². The van der Waals surface area contributed by atoms with Crippen molar-refractivity contribution in [3.8, 4) is 0 Å². The summed E-state index contributed by atoms with van der Waals surface area (Å²) >= 11 is 5.43. The molecule has 0 bridgehead atoms. The summed E-state index contributed by atoms with van der Waals surface area (Å²) in [6.45, 7) is 6.84. The van der Waals surface area contributed by atoms with Gasteiger partial charge in [-0.3, -0.25) is 0 Å². The minimum absolute atomic E-state index is 0.544. The largest absolute Gasteiger partial charge is 0.337 e. The Morgan fingerprint density at radius 3 is 2.69 bits per heavy atom. The molecule has 0 radical (unpaired) electrons. The van der Waals surface area contributed by atoms with Gasteiger partial charge in [-0.05, 0) is 36.9 Å². The molecule has 1 aromatic rings. The highest BCUT2D eigenvalue weighted by Gasteiger charge is 2.25. The first-order valence-electron chi connectivity index (χ1n) is 6.41. The maximum absolute atomic E-state index is 5.43. The van der Waals surface area contributed by atoms with E-state index in [4.69, 9.17) is 12.2 Å². The van der Waals surface area contributed by atoms with E-state index in [0.717, 1.165) is 10.7 Å². The van der Waals surface area contributed by atoms with Gasteiger partial charge in [-0.25, -0.2) is 0 Å². The van der Waals surface area contributed by atoms with Crippen LogP contribution in [0.3, 0.4) is 0 Å². The minimum atomic E-state index is 0.544. The van der Waals surface area contributed by atoms with E-state index in [0.29, 0.717) is 12.0 Å². The first-order chi connectivity index (χ1) is 7.61. The number of imidazole rings is 1. The zero-order valence-corrected chi connectivity index (χ0v) is 11.3. The lowest BCUT2D eigenvalue weighted by molar-refractivity contribution is 0.249. The lowest BCUT2D eigenvalue weighted by atomic mass is 9.85. The van der Waals surface area contributed by atoms with Gasteiger partial charge in [0.15, 0.2) is 4.77 Å². The zero-order valence-electron chi connectivity index (χ0n) is 10.5. The standard InChI is InChI=1S/C13H22N2S/c1-9(2)12-8-14-13(16)15(12)11-7-5-4-6-10(11)3/h8-11H,4-7H2,1-3H3,(H,14,16). The lowest BCUT2D eigenvalue weighted by Crippen LogP contribution is -2.23. The van der Waals surface area contributed by atoms with E-state index in [2.05, 4.69) is 36.5 Å². The molecule has 1 aliphatic carbocycles. The van der Waals surface area contributed by atoms with Crippen LogP contribution in [0.2, 0.25) is 0 Å². The van der Waals surface area contributed by atoms with Crippen LogP contribution in [0.25, 0.3) is 0 Å². The SMILES string of the molecule is CC(C)c1c[nH]c(=S)n1C1CCCCC1C. The fourth-order valence-corrected chi connectivity index (χ4v) is 3.16. The molecule has 2 unspecified atom stereocenters. The quantitative estimate of drug-likeness (QED) is 0.756. The normalized spacial score (nSPS) is 26.2. The monoisotopic (exact) mass is 238 g/mol. The van der Waals surface area contributed by atoms with Crippen LogP contribution in [-0.2, 0) is 0 Å². The van der Waals surface area contributed by atoms with Gasteiger partial charge in [0.25, 0.3) is 0 Å². The second-order valence-corrected chi connectivity index (χ2v) is 5.76. The summed E-state index contributed by atoms with van der Waals surface area (Å²) in [5.41, 5.74) is 1.36. The molecule has 0 aromatic carbocycles. The molecule has 1 saturated carbocycles. The summed E-state index contributed by atoms with van der Waals surface area (Å²) in [6, 6.07) is 0.616. The lowest BCUT2D eigenvalue weighted by Gasteiger charge is -2.31. The van der Waals surface area contributed by atoms with Crippen LogP contribution in [-0.4, -0.2) is 9.55 Å². The molecule has 1 N–H and O–H groups in total. The predicted octanol–water partition coefficient (Wildman–Crippen LogP) is 4.42. The van der Waals surface area contributed by atoms with Crippen LogP contribution in [0.15, 0.2) is 6.20 Å². The number of H-pyrrole nitrogens is 1. The number of hydrogen-bond acceptors (Lipinski definition) is 1. The van der Waals surface area contributed by atoms with Crippen LogP contribution in [0.1, 0.15) is 64.1 Å². The number of aromatic amines is 1. The summed E-state index contributed by atoms with van der Waals surface area (Å²) in [4.78, 5) is 3.21.